The van der Waals surface area contributed by atoms with E-state index >= 15 is 0 Å². The molecule has 5 heterocycles. The number of ketones is 1. The van der Waals surface area contributed by atoms with Gasteiger partial charge in [-0.25, -0.2) is 13.0 Å². The van der Waals surface area contributed by atoms with E-state index in [1.54, 1.807) is 71.1 Å². The van der Waals surface area contributed by atoms with Gasteiger partial charge in [-0.15, -0.1) is 77.3 Å². The van der Waals surface area contributed by atoms with Gasteiger partial charge in [0, 0.05) is 55.9 Å². The Bertz CT molecular complexity index is 2880. The number of aliphatic hydroxyl groups is 3. The van der Waals surface area contributed by atoms with Gasteiger partial charge in [-0.2, -0.15) is 5.57 Å². The number of ether oxygens (including phenoxy) is 14. The van der Waals surface area contributed by atoms with E-state index in [2.05, 4.69) is 229 Å². The summed E-state index contributed by atoms with van der Waals surface area (Å²) in [5, 5.41) is 32.3. The molecule has 4 saturated heterocycles. The van der Waals surface area contributed by atoms with E-state index in [-0.39, 0.29) is 103 Å². The third kappa shape index (κ3) is 92.3. The third-order valence-electron chi connectivity index (χ3n) is 15.6. The Morgan fingerprint density at radius 1 is 0.508 bits per heavy atom. The van der Waals surface area contributed by atoms with E-state index in [0.29, 0.717) is 50.2 Å². The van der Waals surface area contributed by atoms with Crippen LogP contribution in [0.25, 0.3) is 0 Å². The first-order valence-corrected chi connectivity index (χ1v) is 60.6. The number of halogens is 8. The summed E-state index contributed by atoms with van der Waals surface area (Å²) in [6.45, 7) is 24.1. The minimum Gasteiger partial charge on any atom is -1.00 e. The van der Waals surface area contributed by atoms with Crippen molar-refractivity contribution in [3.63, 3.8) is 0 Å². The van der Waals surface area contributed by atoms with Crippen molar-refractivity contribution in [2.75, 3.05) is 189 Å². The second kappa shape index (κ2) is 106. The standard InChI is InChI=1S/C25H27O2P.C12H22O3S.C10H18O3.C7H13BrO2.C7H13BrOS.C7H14O2S.C7H13OS.C5H8O3.C5H8O.C2H5BrO.C2H5ClS.Br3P.BrH.Mg/c1-4-12-22(13-5-1)28(23-14-6-2-7-15-23,24-16-8-3-9-17-24)21-20-27-25-18-10-11-19-26-25;1-11(9-13-10-16-2)6-8-15-12-5-3-4-7-14-12;1-9(8-11)5-7-13-10-4-2-3-6-12-10;8-4-6-10-7-3-1-2-5-9-7;2*1-7(3-4-8)5-9-6-10-2;1-4-7(2)5-8-6-9-3;1-4(6)3-8-5(2)7;1-2-4-6-5-3-1;3-1-2-4;1-4-2-3;1-4(2)3;;/h1-9,12-17,21,25H,10-11,18-20H2;6,12H,3-5,7-10H2,1-2H3;5,10-11H,2-4,6-8H2,1H3;7H,1-6H2;3H,4-6H2,1-2H3;3,8H,4-6H2,1-2H3;4H,1,5-6H2,2-3H3;3H2,1-2H3;2,4H,1,3,5H2;4H,1-2H2;2H2,1H3;;1H;/q;;;;;;-1;;;;;;;+2/b;11-6-;9-5-;;2*7-3+;7-4+;;;;;;;. The summed E-state index contributed by atoms with van der Waals surface area (Å²) in [5.74, 6) is 4.87. The third-order valence-corrected chi connectivity index (χ3v) is 23.1. The fourth-order valence-electron chi connectivity index (χ4n) is 9.58. The van der Waals surface area contributed by atoms with Gasteiger partial charge in [0.15, 0.2) is 30.9 Å². The van der Waals surface area contributed by atoms with Gasteiger partial charge in [-0.3, -0.25) is 9.59 Å². The molecule has 0 radical (unpaired) electrons. The SMILES string of the molecule is BrCCOC1CCCCO1.BrP(Br)Br.C(COC1CCCCO1)=P(c1ccccc1)(c1ccccc1)c1ccccc1.C/C(=C/COC1CCCCO1)CO.C1=COCCC1.CC(=O)COC(C)=O.CSCCl.CSCOC/C(C)=C/CBr.CSCOC/C(C)=C/CO.CSCOC/C(C)=C\COC1CCCCO1.OCCBr.[Br-].[CH2-]/C=C(\C)COCSC.[H+].[Mg+2]. The quantitative estimate of drug-likeness (QED) is 0.00709. The summed E-state index contributed by atoms with van der Waals surface area (Å²) < 4.78 is 74.6. The maximum atomic E-state index is 10.1. The second-order valence-corrected chi connectivity index (χ2v) is 51.9. The fourth-order valence-corrected chi connectivity index (χ4v) is 15.1. The van der Waals surface area contributed by atoms with Crippen molar-refractivity contribution in [2.45, 2.75) is 164 Å². The van der Waals surface area contributed by atoms with E-state index < -0.39 is 12.9 Å². The molecule has 0 aliphatic carbocycles. The van der Waals surface area contributed by atoms with Crippen molar-refractivity contribution >= 4 is 232 Å². The number of allylic oxidation sites excluding steroid dienone is 3. The number of thioether (sulfide) groups is 5. The van der Waals surface area contributed by atoms with Crippen LogP contribution in [0.5, 0.6) is 0 Å². The van der Waals surface area contributed by atoms with E-state index in [9.17, 15) is 9.59 Å². The number of aliphatic hydroxyl groups excluding tert-OH is 3. The predicted molar refractivity (Wildman–Crippen MR) is 560 cm³/mol. The monoisotopic (exact) mass is 2350 g/mol. The molecular weight excluding hydrogens is 2210 g/mol. The average Bonchev–Trinajstić information content (AvgIpc) is 0.758. The number of carbonyl (C=O) groups excluding carboxylic acids is 2. The number of alkyl halides is 4. The molecule has 0 aromatic heterocycles. The molecule has 0 spiro atoms. The Balaban J connectivity index is -0.000000255. The van der Waals surface area contributed by atoms with E-state index in [1.807, 2.05) is 70.3 Å². The maximum Gasteiger partial charge on any atom is 2.00 e. The van der Waals surface area contributed by atoms with E-state index in [1.165, 1.54) is 91.4 Å². The van der Waals surface area contributed by atoms with Crippen molar-refractivity contribution in [3.05, 3.63) is 169 Å². The van der Waals surface area contributed by atoms with Crippen LogP contribution in [0.15, 0.2) is 162 Å². The fraction of sp³-hybridized carbons (Fsp3) is 0.618. The van der Waals surface area contributed by atoms with Gasteiger partial charge in [-0.05, 0) is 254 Å². The Labute approximate surface area is 853 Å². The van der Waals surface area contributed by atoms with Crippen LogP contribution in [0, 0.1) is 6.92 Å². The largest absolute Gasteiger partial charge is 2.00 e. The molecule has 0 bridgehead atoms. The van der Waals surface area contributed by atoms with Crippen LogP contribution >= 0.6 is 176 Å². The van der Waals surface area contributed by atoms with E-state index in [4.69, 9.17) is 88.5 Å². The molecule has 8 rings (SSSR count). The first-order chi connectivity index (χ1) is 59.1. The molecular formula is C89H147Br7ClMgO19P2S5+. The molecule has 714 valence electrons. The maximum absolute atomic E-state index is 10.1. The number of Topliss-reactive ketones (excluding diaryl/α,β-unsaturated/α-hetero) is 1. The zero-order valence-corrected chi connectivity index (χ0v) is 94.6. The number of carbonyl (C=O) groups is 2. The molecule has 4 fully saturated rings. The molecule has 35 heteroatoms. The normalized spacial score (nSPS) is 16.6. The molecule has 124 heavy (non-hydrogen) atoms. The van der Waals surface area contributed by atoms with Crippen molar-refractivity contribution in [1.29, 1.82) is 0 Å². The topological polar surface area (TPSA) is 224 Å². The number of hydrogen-bond donors (Lipinski definition) is 3. The van der Waals surface area contributed by atoms with Crippen LogP contribution in [0.3, 0.4) is 0 Å². The van der Waals surface area contributed by atoms with Crippen LogP contribution in [-0.4, -0.2) is 270 Å². The van der Waals surface area contributed by atoms with Gasteiger partial charge in [0.2, 0.25) is 0 Å². The van der Waals surface area contributed by atoms with Crippen molar-refractivity contribution in [2.24, 2.45) is 0 Å². The summed E-state index contributed by atoms with van der Waals surface area (Å²) in [4.78, 5) is 20.0. The Morgan fingerprint density at radius 2 is 0.863 bits per heavy atom. The molecule has 0 amide bonds. The zero-order valence-electron chi connectivity index (χ0n) is 76.4. The smallest absolute Gasteiger partial charge is 1.00 e. The van der Waals surface area contributed by atoms with Crippen molar-refractivity contribution in [3.8, 4) is 0 Å². The molecule has 3 N–H and O–H groups in total. The van der Waals surface area contributed by atoms with Gasteiger partial charge < -0.3 is 98.6 Å². The molecule has 19 nitrogen and oxygen atoms in total. The molecule has 4 unspecified atom stereocenters. The minimum absolute atomic E-state index is 0. The van der Waals surface area contributed by atoms with Crippen LogP contribution < -0.4 is 32.9 Å². The van der Waals surface area contributed by atoms with Crippen LogP contribution in [0.1, 0.15) is 140 Å². The molecule has 3 aromatic rings. The van der Waals surface area contributed by atoms with Gasteiger partial charge >= 0.3 is 30.4 Å². The van der Waals surface area contributed by atoms with Gasteiger partial charge in [0.1, 0.15) is 10.6 Å². The zero-order chi connectivity index (χ0) is 91.4. The summed E-state index contributed by atoms with van der Waals surface area (Å²) in [6.07, 6.45) is 39.4. The summed E-state index contributed by atoms with van der Waals surface area (Å²) in [5.41, 5.74) is 5.70. The first-order valence-electron chi connectivity index (χ1n) is 40.5. The number of esters is 1. The Morgan fingerprint density at radius 3 is 1.12 bits per heavy atom. The predicted octanol–water partition coefficient (Wildman–Crippen LogP) is 20.1. The summed E-state index contributed by atoms with van der Waals surface area (Å²) >= 11 is 32.6. The summed E-state index contributed by atoms with van der Waals surface area (Å²) in [7, 11) is 0. The Kier molecular flexibility index (Phi) is 116. The molecule has 5 aliphatic rings. The van der Waals surface area contributed by atoms with E-state index in [0.717, 1.165) is 137 Å². The van der Waals surface area contributed by atoms with Gasteiger partial charge in [0.05, 0.1) is 108 Å². The number of rotatable bonds is 38. The minimum atomic E-state index is -1.93. The second-order valence-electron chi connectivity index (χ2n) is 26.3. The molecule has 0 saturated carbocycles. The van der Waals surface area contributed by atoms with Gasteiger partial charge in [0.25, 0.3) is 0 Å². The summed E-state index contributed by atoms with van der Waals surface area (Å²) in [6, 6.07) is 32.6. The van der Waals surface area contributed by atoms with Gasteiger partial charge in [-0.1, -0.05) is 169 Å². The van der Waals surface area contributed by atoms with Crippen LogP contribution in [0.4, 0.5) is 0 Å². The van der Waals surface area contributed by atoms with Crippen molar-refractivity contribution in [1.82, 2.24) is 0 Å². The van der Waals surface area contributed by atoms with Crippen molar-refractivity contribution < 1.29 is 110 Å². The molecule has 4 atom stereocenters. The van der Waals surface area contributed by atoms with Crippen LogP contribution in [-0.2, 0) is 75.9 Å². The average molecular weight is 2360 g/mol. The van der Waals surface area contributed by atoms with Crippen LogP contribution in [0.2, 0.25) is 0 Å². The molecule has 5 aliphatic heterocycles. The number of benzene rings is 3. The Hall–Kier alpha value is 1.21. The number of hydrogen-bond acceptors (Lipinski definition) is 24. The first kappa shape index (κ1) is 136. The molecule has 3 aromatic carbocycles.